The standard InChI is InChI=1S/C14H15ClN2O2S/c1-9-5-14(17(18)19)12(15)7-13(9)16-10(2)6-11-3-4-20-8-11/h3-5,7-8,10,16H,6H2,1-2H3. The van der Waals surface area contributed by atoms with Gasteiger partial charge in [0.2, 0.25) is 0 Å². The third-order valence-corrected chi connectivity index (χ3v) is 4.05. The molecule has 0 spiro atoms. The smallest absolute Gasteiger partial charge is 0.288 e. The van der Waals surface area contributed by atoms with Gasteiger partial charge in [-0.2, -0.15) is 11.3 Å². The Morgan fingerprint density at radius 2 is 2.25 bits per heavy atom. The van der Waals surface area contributed by atoms with Crippen LogP contribution in [-0.4, -0.2) is 11.0 Å². The molecule has 0 bridgehead atoms. The number of benzene rings is 1. The van der Waals surface area contributed by atoms with Crippen molar-refractivity contribution in [1.29, 1.82) is 0 Å². The number of rotatable bonds is 5. The Morgan fingerprint density at radius 3 is 2.85 bits per heavy atom. The number of hydrogen-bond donors (Lipinski definition) is 1. The van der Waals surface area contributed by atoms with E-state index in [0.29, 0.717) is 0 Å². The minimum absolute atomic E-state index is 0.0554. The summed E-state index contributed by atoms with van der Waals surface area (Å²) in [5.41, 5.74) is 2.88. The van der Waals surface area contributed by atoms with E-state index in [1.165, 1.54) is 11.6 Å². The van der Waals surface area contributed by atoms with E-state index in [-0.39, 0.29) is 16.8 Å². The van der Waals surface area contributed by atoms with Crippen LogP contribution < -0.4 is 5.32 Å². The summed E-state index contributed by atoms with van der Waals surface area (Å²) in [5, 5.41) is 18.5. The lowest BCUT2D eigenvalue weighted by Crippen LogP contribution is -2.18. The van der Waals surface area contributed by atoms with E-state index in [1.807, 2.05) is 6.92 Å². The largest absolute Gasteiger partial charge is 0.382 e. The number of nitro groups is 1. The van der Waals surface area contributed by atoms with Gasteiger partial charge in [-0.3, -0.25) is 10.1 Å². The molecule has 0 aliphatic carbocycles. The maximum atomic E-state index is 10.8. The number of nitro benzene ring substituents is 1. The second kappa shape index (κ2) is 6.24. The zero-order valence-corrected chi connectivity index (χ0v) is 12.8. The van der Waals surface area contributed by atoms with Crippen molar-refractivity contribution in [2.75, 3.05) is 5.32 Å². The number of halogens is 1. The summed E-state index contributed by atoms with van der Waals surface area (Å²) >= 11 is 7.62. The molecule has 0 aliphatic heterocycles. The highest BCUT2D eigenvalue weighted by Gasteiger charge is 2.16. The van der Waals surface area contributed by atoms with Gasteiger partial charge in [-0.1, -0.05) is 11.6 Å². The van der Waals surface area contributed by atoms with Crippen molar-refractivity contribution in [2.45, 2.75) is 26.3 Å². The van der Waals surface area contributed by atoms with Crippen molar-refractivity contribution in [3.05, 3.63) is 55.2 Å². The summed E-state index contributed by atoms with van der Waals surface area (Å²) in [6.45, 7) is 3.91. The van der Waals surface area contributed by atoms with Crippen LogP contribution in [0.25, 0.3) is 0 Å². The molecule has 106 valence electrons. The summed E-state index contributed by atoms with van der Waals surface area (Å²) < 4.78 is 0. The number of nitrogens with zero attached hydrogens (tertiary/aromatic N) is 1. The van der Waals surface area contributed by atoms with E-state index < -0.39 is 4.92 Å². The fourth-order valence-corrected chi connectivity index (χ4v) is 2.95. The fourth-order valence-electron chi connectivity index (χ4n) is 2.04. The first-order valence-electron chi connectivity index (χ1n) is 6.19. The molecule has 0 amide bonds. The van der Waals surface area contributed by atoms with E-state index in [4.69, 9.17) is 11.6 Å². The maximum absolute atomic E-state index is 10.8. The lowest BCUT2D eigenvalue weighted by Gasteiger charge is -2.17. The molecule has 2 rings (SSSR count). The molecule has 4 nitrogen and oxygen atoms in total. The second-order valence-corrected chi connectivity index (χ2v) is 5.94. The summed E-state index contributed by atoms with van der Waals surface area (Å²) in [6.07, 6.45) is 0.900. The molecule has 1 unspecified atom stereocenters. The monoisotopic (exact) mass is 310 g/mol. The molecule has 0 aliphatic rings. The highest BCUT2D eigenvalue weighted by atomic mass is 35.5. The van der Waals surface area contributed by atoms with Crippen LogP contribution >= 0.6 is 22.9 Å². The van der Waals surface area contributed by atoms with Gasteiger partial charge in [0.25, 0.3) is 5.69 Å². The predicted octanol–water partition coefficient (Wildman–Crippen LogP) is 4.66. The molecule has 1 aromatic carbocycles. The van der Waals surface area contributed by atoms with Crippen LogP contribution in [0.3, 0.4) is 0 Å². The Kier molecular flexibility index (Phi) is 4.62. The highest BCUT2D eigenvalue weighted by Crippen LogP contribution is 2.31. The lowest BCUT2D eigenvalue weighted by molar-refractivity contribution is -0.384. The molecule has 0 radical (unpaired) electrons. The molecular weight excluding hydrogens is 296 g/mol. The summed E-state index contributed by atoms with van der Waals surface area (Å²) in [6, 6.07) is 5.44. The molecule has 1 aromatic heterocycles. The topological polar surface area (TPSA) is 55.2 Å². The number of hydrogen-bond acceptors (Lipinski definition) is 4. The lowest BCUT2D eigenvalue weighted by atomic mass is 10.1. The van der Waals surface area contributed by atoms with Crippen molar-refractivity contribution in [3.8, 4) is 0 Å². The molecule has 2 aromatic rings. The van der Waals surface area contributed by atoms with Gasteiger partial charge in [-0.15, -0.1) is 0 Å². The summed E-state index contributed by atoms with van der Waals surface area (Å²) in [5.74, 6) is 0. The minimum atomic E-state index is -0.464. The van der Waals surface area contributed by atoms with E-state index in [1.54, 1.807) is 17.4 Å². The van der Waals surface area contributed by atoms with E-state index in [0.717, 1.165) is 17.7 Å². The van der Waals surface area contributed by atoms with E-state index in [2.05, 4.69) is 29.1 Å². The predicted molar refractivity (Wildman–Crippen MR) is 84.0 cm³/mol. The van der Waals surface area contributed by atoms with Crippen molar-refractivity contribution in [3.63, 3.8) is 0 Å². The van der Waals surface area contributed by atoms with Crippen LogP contribution in [0.2, 0.25) is 5.02 Å². The van der Waals surface area contributed by atoms with Gasteiger partial charge in [0, 0.05) is 17.8 Å². The first-order valence-corrected chi connectivity index (χ1v) is 7.51. The zero-order chi connectivity index (χ0) is 14.7. The van der Waals surface area contributed by atoms with Crippen LogP contribution in [0.5, 0.6) is 0 Å². The maximum Gasteiger partial charge on any atom is 0.288 e. The first-order chi connectivity index (χ1) is 9.47. The fraction of sp³-hybridized carbons (Fsp3) is 0.286. The Morgan fingerprint density at radius 1 is 1.50 bits per heavy atom. The second-order valence-electron chi connectivity index (χ2n) is 4.76. The zero-order valence-electron chi connectivity index (χ0n) is 11.2. The van der Waals surface area contributed by atoms with Gasteiger partial charge >= 0.3 is 0 Å². The molecule has 1 heterocycles. The third-order valence-electron chi connectivity index (χ3n) is 3.01. The molecule has 0 saturated heterocycles. The summed E-state index contributed by atoms with van der Waals surface area (Å²) in [7, 11) is 0. The molecular formula is C14H15ClN2O2S. The summed E-state index contributed by atoms with van der Waals surface area (Å²) in [4.78, 5) is 10.4. The average Bonchev–Trinajstić information content (AvgIpc) is 2.85. The SMILES string of the molecule is Cc1cc([N+](=O)[O-])c(Cl)cc1NC(C)Cc1ccsc1. The molecule has 6 heteroatoms. The Hall–Kier alpha value is -1.59. The van der Waals surface area contributed by atoms with Crippen LogP contribution in [0.1, 0.15) is 18.1 Å². The third kappa shape index (κ3) is 3.49. The van der Waals surface area contributed by atoms with Gasteiger partial charge in [0.15, 0.2) is 0 Å². The van der Waals surface area contributed by atoms with Crippen molar-refractivity contribution >= 4 is 34.3 Å². The number of anilines is 1. The molecule has 20 heavy (non-hydrogen) atoms. The van der Waals surface area contributed by atoms with Gasteiger partial charge in [-0.25, -0.2) is 0 Å². The van der Waals surface area contributed by atoms with Gasteiger partial charge < -0.3 is 5.32 Å². The quantitative estimate of drug-likeness (QED) is 0.645. The van der Waals surface area contributed by atoms with Gasteiger partial charge in [-0.05, 0) is 54.3 Å². The molecule has 1 N–H and O–H groups in total. The van der Waals surface area contributed by atoms with Crippen molar-refractivity contribution in [1.82, 2.24) is 0 Å². The van der Waals surface area contributed by atoms with Crippen LogP contribution in [0.4, 0.5) is 11.4 Å². The van der Waals surface area contributed by atoms with Gasteiger partial charge in [0.05, 0.1) is 4.92 Å². The van der Waals surface area contributed by atoms with Crippen LogP contribution in [0.15, 0.2) is 29.0 Å². The number of nitrogens with one attached hydrogen (secondary N) is 1. The van der Waals surface area contributed by atoms with E-state index >= 15 is 0 Å². The molecule has 1 atom stereocenters. The number of thiophene rings is 1. The Labute approximate surface area is 126 Å². The highest BCUT2D eigenvalue weighted by molar-refractivity contribution is 7.07. The van der Waals surface area contributed by atoms with Crippen molar-refractivity contribution < 1.29 is 4.92 Å². The van der Waals surface area contributed by atoms with Crippen LogP contribution in [-0.2, 0) is 6.42 Å². The van der Waals surface area contributed by atoms with Gasteiger partial charge in [0.1, 0.15) is 5.02 Å². The molecule has 0 fully saturated rings. The molecule has 0 saturated carbocycles. The van der Waals surface area contributed by atoms with Crippen LogP contribution in [0, 0.1) is 17.0 Å². The first kappa shape index (κ1) is 14.8. The Bertz CT molecular complexity index is 614. The minimum Gasteiger partial charge on any atom is -0.382 e. The normalized spacial score (nSPS) is 12.2. The number of aryl methyl sites for hydroxylation is 1. The average molecular weight is 311 g/mol. The van der Waals surface area contributed by atoms with Crippen molar-refractivity contribution in [2.24, 2.45) is 0 Å². The Balaban J connectivity index is 2.13. The van der Waals surface area contributed by atoms with E-state index in [9.17, 15) is 10.1 Å².